The van der Waals surface area contributed by atoms with Gasteiger partial charge in [0.1, 0.15) is 0 Å². The van der Waals surface area contributed by atoms with Gasteiger partial charge in [-0.2, -0.15) is 5.10 Å². The molecule has 0 spiro atoms. The fraction of sp³-hybridized carbons (Fsp3) is 0.462. The van der Waals surface area contributed by atoms with E-state index in [1.54, 1.807) is 10.9 Å². The van der Waals surface area contributed by atoms with E-state index in [1.165, 1.54) is 0 Å². The Morgan fingerprint density at radius 3 is 3.00 bits per heavy atom. The number of carbonyl (C=O) groups excluding carboxylic acids is 1. The predicted molar refractivity (Wildman–Crippen MR) is 72.8 cm³/mol. The van der Waals surface area contributed by atoms with Gasteiger partial charge in [0.2, 0.25) is 0 Å². The van der Waals surface area contributed by atoms with Crippen molar-refractivity contribution < 1.29 is 4.79 Å². The number of fused-ring (bicyclic) bond motifs is 1. The lowest BCUT2D eigenvalue weighted by molar-refractivity contribution is 0.180. The molecule has 0 fully saturated rings. The number of amides is 2. The number of urea groups is 1. The van der Waals surface area contributed by atoms with Crippen LogP contribution in [0.1, 0.15) is 24.2 Å². The highest BCUT2D eigenvalue weighted by molar-refractivity contribution is 5.74. The highest BCUT2D eigenvalue weighted by Gasteiger charge is 2.22. The quantitative estimate of drug-likeness (QED) is 0.884. The van der Waals surface area contributed by atoms with Crippen LogP contribution in [0.15, 0.2) is 24.9 Å². The number of aryl methyl sites for hydroxylation is 1. The van der Waals surface area contributed by atoms with Crippen molar-refractivity contribution in [3.8, 4) is 0 Å². The first kappa shape index (κ1) is 12.7. The molecule has 7 nitrogen and oxygen atoms in total. The molecule has 1 N–H and O–H groups in total. The molecule has 1 aliphatic heterocycles. The fourth-order valence-electron chi connectivity index (χ4n) is 2.38. The van der Waals surface area contributed by atoms with E-state index in [9.17, 15) is 4.79 Å². The van der Waals surface area contributed by atoms with Gasteiger partial charge in [-0.15, -0.1) is 0 Å². The van der Waals surface area contributed by atoms with Crippen molar-refractivity contribution >= 4 is 6.03 Å². The lowest BCUT2D eigenvalue weighted by Crippen LogP contribution is -2.44. The van der Waals surface area contributed by atoms with E-state index in [1.807, 2.05) is 37.6 Å². The van der Waals surface area contributed by atoms with Crippen molar-refractivity contribution in [2.24, 2.45) is 7.05 Å². The molecule has 1 atom stereocenters. The Kier molecular flexibility index (Phi) is 3.17. The van der Waals surface area contributed by atoms with Crippen molar-refractivity contribution in [2.75, 3.05) is 6.54 Å². The minimum Gasteiger partial charge on any atom is -0.331 e. The molecule has 1 unspecified atom stereocenters. The molecule has 20 heavy (non-hydrogen) atoms. The minimum absolute atomic E-state index is 0.0474. The average molecular weight is 274 g/mol. The lowest BCUT2D eigenvalue weighted by atomic mass is 10.2. The summed E-state index contributed by atoms with van der Waals surface area (Å²) in [4.78, 5) is 18.2. The highest BCUT2D eigenvalue weighted by atomic mass is 16.2. The predicted octanol–water partition coefficient (Wildman–Crippen LogP) is 0.903. The zero-order valence-electron chi connectivity index (χ0n) is 11.7. The number of imidazole rings is 1. The molecule has 0 saturated carbocycles. The maximum atomic E-state index is 12.3. The molecular formula is C13H18N6O. The molecule has 7 heteroatoms. The lowest BCUT2D eigenvalue weighted by Gasteiger charge is -2.29. The third kappa shape index (κ3) is 2.38. The van der Waals surface area contributed by atoms with Gasteiger partial charge in [-0.3, -0.25) is 4.68 Å². The van der Waals surface area contributed by atoms with E-state index in [0.717, 1.165) is 17.8 Å². The van der Waals surface area contributed by atoms with Crippen LogP contribution in [0.4, 0.5) is 4.79 Å². The molecule has 2 aromatic rings. The second-order valence-electron chi connectivity index (χ2n) is 5.12. The number of aromatic nitrogens is 4. The Labute approximate surface area is 117 Å². The van der Waals surface area contributed by atoms with Crippen molar-refractivity contribution in [1.82, 2.24) is 29.5 Å². The molecule has 0 aromatic carbocycles. The molecule has 2 amide bonds. The second kappa shape index (κ2) is 4.99. The molecule has 3 heterocycles. The van der Waals surface area contributed by atoms with Gasteiger partial charge < -0.3 is 14.8 Å². The van der Waals surface area contributed by atoms with Gasteiger partial charge in [0.25, 0.3) is 0 Å². The van der Waals surface area contributed by atoms with Gasteiger partial charge in [0, 0.05) is 38.1 Å². The summed E-state index contributed by atoms with van der Waals surface area (Å²) in [6.45, 7) is 4.06. The van der Waals surface area contributed by atoms with Crippen molar-refractivity contribution in [1.29, 1.82) is 0 Å². The van der Waals surface area contributed by atoms with Crippen LogP contribution in [0, 0.1) is 0 Å². The van der Waals surface area contributed by atoms with Crippen LogP contribution >= 0.6 is 0 Å². The summed E-state index contributed by atoms with van der Waals surface area (Å²) < 4.78 is 3.81. The van der Waals surface area contributed by atoms with Crippen LogP contribution in [0.2, 0.25) is 0 Å². The SMILES string of the molecule is CC(NC(=O)N1CCn2cncc2C1)c1cnn(C)c1. The smallest absolute Gasteiger partial charge is 0.318 e. The summed E-state index contributed by atoms with van der Waals surface area (Å²) >= 11 is 0. The standard InChI is InChI=1S/C13H18N6O/c1-10(11-5-15-17(2)7-11)16-13(20)18-3-4-19-9-14-6-12(19)8-18/h5-7,9-10H,3-4,8H2,1-2H3,(H,16,20). The van der Waals surface area contributed by atoms with Gasteiger partial charge in [0.15, 0.2) is 0 Å². The van der Waals surface area contributed by atoms with Crippen LogP contribution in [0.5, 0.6) is 0 Å². The highest BCUT2D eigenvalue weighted by Crippen LogP contribution is 2.14. The van der Waals surface area contributed by atoms with E-state index >= 15 is 0 Å². The largest absolute Gasteiger partial charge is 0.331 e. The van der Waals surface area contributed by atoms with Crippen molar-refractivity contribution in [2.45, 2.75) is 26.1 Å². The first-order chi connectivity index (χ1) is 9.63. The van der Waals surface area contributed by atoms with Crippen LogP contribution in [-0.2, 0) is 20.1 Å². The zero-order chi connectivity index (χ0) is 14.1. The molecule has 1 aliphatic rings. The zero-order valence-corrected chi connectivity index (χ0v) is 11.7. The Balaban J connectivity index is 1.63. The third-order valence-electron chi connectivity index (χ3n) is 3.61. The number of carbonyl (C=O) groups is 1. The Morgan fingerprint density at radius 1 is 1.40 bits per heavy atom. The van der Waals surface area contributed by atoms with Gasteiger partial charge in [-0.1, -0.05) is 0 Å². The molecule has 0 bridgehead atoms. The van der Waals surface area contributed by atoms with Crippen LogP contribution < -0.4 is 5.32 Å². The summed E-state index contributed by atoms with van der Waals surface area (Å²) in [5.74, 6) is 0. The molecule has 0 saturated heterocycles. The molecule has 2 aromatic heterocycles. The number of nitrogens with zero attached hydrogens (tertiary/aromatic N) is 5. The molecule has 0 aliphatic carbocycles. The molecule has 106 valence electrons. The molecular weight excluding hydrogens is 256 g/mol. The van der Waals surface area contributed by atoms with E-state index < -0.39 is 0 Å². The van der Waals surface area contributed by atoms with Gasteiger partial charge in [-0.05, 0) is 6.92 Å². The van der Waals surface area contributed by atoms with Gasteiger partial charge in [0.05, 0.1) is 30.8 Å². The normalized spacial score (nSPS) is 15.8. The topological polar surface area (TPSA) is 68.0 Å². The van der Waals surface area contributed by atoms with Crippen LogP contribution in [-0.4, -0.2) is 36.8 Å². The summed E-state index contributed by atoms with van der Waals surface area (Å²) in [6, 6.07) is -0.100. The number of hydrogen-bond donors (Lipinski definition) is 1. The third-order valence-corrected chi connectivity index (χ3v) is 3.61. The Bertz CT molecular complexity index is 616. The first-order valence-corrected chi connectivity index (χ1v) is 6.66. The average Bonchev–Trinajstić information content (AvgIpc) is 3.05. The monoisotopic (exact) mass is 274 g/mol. The van der Waals surface area contributed by atoms with E-state index in [2.05, 4.69) is 20.0 Å². The summed E-state index contributed by atoms with van der Waals surface area (Å²) in [5, 5.41) is 7.13. The number of hydrogen-bond acceptors (Lipinski definition) is 3. The summed E-state index contributed by atoms with van der Waals surface area (Å²) in [7, 11) is 1.86. The Morgan fingerprint density at radius 2 is 2.25 bits per heavy atom. The minimum atomic E-state index is -0.0527. The summed E-state index contributed by atoms with van der Waals surface area (Å²) in [6.07, 6.45) is 7.30. The van der Waals surface area contributed by atoms with Gasteiger partial charge >= 0.3 is 6.03 Å². The van der Waals surface area contributed by atoms with E-state index in [4.69, 9.17) is 0 Å². The first-order valence-electron chi connectivity index (χ1n) is 6.66. The fourth-order valence-corrected chi connectivity index (χ4v) is 2.38. The van der Waals surface area contributed by atoms with Crippen LogP contribution in [0.25, 0.3) is 0 Å². The molecule has 0 radical (unpaired) electrons. The second-order valence-corrected chi connectivity index (χ2v) is 5.12. The summed E-state index contributed by atoms with van der Waals surface area (Å²) in [5.41, 5.74) is 2.07. The number of nitrogens with one attached hydrogen (secondary N) is 1. The maximum Gasteiger partial charge on any atom is 0.318 e. The van der Waals surface area contributed by atoms with Gasteiger partial charge in [-0.25, -0.2) is 9.78 Å². The number of rotatable bonds is 2. The van der Waals surface area contributed by atoms with E-state index in [-0.39, 0.29) is 12.1 Å². The van der Waals surface area contributed by atoms with Crippen LogP contribution in [0.3, 0.4) is 0 Å². The maximum absolute atomic E-state index is 12.3. The Hall–Kier alpha value is -2.31. The van der Waals surface area contributed by atoms with E-state index in [0.29, 0.717) is 13.1 Å². The van der Waals surface area contributed by atoms with Crippen molar-refractivity contribution in [3.05, 3.63) is 36.2 Å². The molecule has 3 rings (SSSR count). The van der Waals surface area contributed by atoms with Crippen molar-refractivity contribution in [3.63, 3.8) is 0 Å².